The zero-order valence-corrected chi connectivity index (χ0v) is 32.6. The van der Waals surface area contributed by atoms with Crippen LogP contribution in [0.1, 0.15) is 48.4 Å². The number of carboxylic acids is 2. The third-order valence-electron chi connectivity index (χ3n) is 8.59. The predicted molar refractivity (Wildman–Crippen MR) is 214 cm³/mol. The first kappa shape index (κ1) is 38.6. The van der Waals surface area contributed by atoms with Gasteiger partial charge in [0.1, 0.15) is 11.5 Å². The number of hydrogen-bond donors (Lipinski definition) is 3. The lowest BCUT2D eigenvalue weighted by molar-refractivity contribution is 0.0688. The van der Waals surface area contributed by atoms with Crippen molar-refractivity contribution in [3.8, 4) is 57.2 Å². The number of halogens is 2. The maximum Gasteiger partial charge on any atom is 0.337 e. The number of aryl methyl sites for hydroxylation is 1. The summed E-state index contributed by atoms with van der Waals surface area (Å²) in [6.45, 7) is 7.69. The molecule has 4 aromatic carbocycles. The first-order valence-electron chi connectivity index (χ1n) is 17.5. The Bertz CT molecular complexity index is 2780. The molecule has 3 N–H and O–H groups in total. The minimum Gasteiger partial charge on any atom is -0.489 e. The quantitative estimate of drug-likeness (QED) is 0.119. The Labute approximate surface area is 334 Å². The van der Waals surface area contributed by atoms with Gasteiger partial charge in [-0.1, -0.05) is 57.8 Å². The van der Waals surface area contributed by atoms with Crippen molar-refractivity contribution in [2.75, 3.05) is 0 Å². The molecule has 0 saturated heterocycles. The molecule has 0 radical (unpaired) electrons. The Kier molecular flexibility index (Phi) is 10.7. The first-order valence-corrected chi connectivity index (χ1v) is 18.3. The Morgan fingerprint density at radius 3 is 1.74 bits per heavy atom. The molecule has 290 valence electrons. The molecule has 0 aliphatic rings. The first-order chi connectivity index (χ1) is 27.3. The summed E-state index contributed by atoms with van der Waals surface area (Å²) in [7, 11) is 1.78. The topological polar surface area (TPSA) is 192 Å². The fourth-order valence-electron chi connectivity index (χ4n) is 6.20. The van der Waals surface area contributed by atoms with Gasteiger partial charge in [0.05, 0.1) is 44.4 Å². The fourth-order valence-corrected chi connectivity index (χ4v) is 6.65. The molecule has 57 heavy (non-hydrogen) atoms. The number of hydrogen-bond acceptors (Lipinski definition) is 10. The van der Waals surface area contributed by atoms with Gasteiger partial charge in [0.15, 0.2) is 0 Å². The highest BCUT2D eigenvalue weighted by molar-refractivity contribution is 6.32. The number of ether oxygens (including phenoxy) is 2. The van der Waals surface area contributed by atoms with Crippen LogP contribution in [-0.2, 0) is 7.05 Å². The molecular formula is C41H34Cl2N6O8. The summed E-state index contributed by atoms with van der Waals surface area (Å²) in [4.78, 5) is 34.8. The minimum absolute atomic E-state index is 0.00910. The van der Waals surface area contributed by atoms with E-state index >= 15 is 0 Å². The minimum atomic E-state index is -1.00. The normalized spacial score (nSPS) is 11.3. The number of fused-ring (bicyclic) bond motifs is 2. The molecule has 0 spiro atoms. The summed E-state index contributed by atoms with van der Waals surface area (Å²) in [5.74, 6) is 0.492. The molecule has 0 unspecified atom stereocenters. The van der Waals surface area contributed by atoms with Crippen LogP contribution in [0.2, 0.25) is 10.0 Å². The van der Waals surface area contributed by atoms with E-state index in [1.54, 1.807) is 84.5 Å². The van der Waals surface area contributed by atoms with Gasteiger partial charge in [-0.15, -0.1) is 0 Å². The van der Waals surface area contributed by atoms with E-state index < -0.39 is 11.9 Å². The van der Waals surface area contributed by atoms with Gasteiger partial charge in [-0.25, -0.2) is 9.59 Å². The summed E-state index contributed by atoms with van der Waals surface area (Å²) in [6, 6.07) is 21.2. The van der Waals surface area contributed by atoms with Crippen LogP contribution >= 0.6 is 23.2 Å². The smallest absolute Gasteiger partial charge is 0.337 e. The molecule has 0 fully saturated rings. The zero-order valence-electron chi connectivity index (χ0n) is 31.1. The van der Waals surface area contributed by atoms with Crippen LogP contribution in [0.4, 0.5) is 0 Å². The second-order valence-electron chi connectivity index (χ2n) is 13.4. The number of aromatic carboxylic acids is 2. The molecule has 4 heterocycles. The number of aromatic amines is 1. The highest BCUT2D eigenvalue weighted by atomic mass is 35.5. The standard InChI is InChI=1S/C21H18ClN3O4.C20H16ClN3O4/c1-11(2)28-17-8-7-12(9-16(17)22)20-23-19(24-29-20)14-6-4-5-13-15(21(26)27)10-25(3)18(13)14;1-10(2)27-16-7-6-11(8-15(16)21)19-23-18(24-28-19)13-5-3-4-12-14(20(25)26)9-22-17(12)13/h4-11H,1-3H3,(H,26,27);3-10,22H,1-2H3,(H,25,26). The number of carbonyl (C=O) groups is 2. The Morgan fingerprint density at radius 1 is 0.719 bits per heavy atom. The number of aromatic nitrogens is 6. The second kappa shape index (κ2) is 15.8. The number of carboxylic acid groups (broad SMARTS) is 2. The Balaban J connectivity index is 0.000000174. The van der Waals surface area contributed by atoms with Crippen molar-refractivity contribution >= 4 is 56.9 Å². The maximum absolute atomic E-state index is 11.5. The lowest BCUT2D eigenvalue weighted by atomic mass is 10.1. The van der Waals surface area contributed by atoms with Gasteiger partial charge in [0, 0.05) is 52.5 Å². The molecule has 0 bridgehead atoms. The SMILES string of the molecule is CC(C)Oc1ccc(-c2nc(-c3cccc4c(C(=O)O)c[nH]c34)no2)cc1Cl.CC(C)Oc1ccc(-c2nc(-c3cccc4c(C(=O)O)cn(C)c34)no2)cc1Cl. The summed E-state index contributed by atoms with van der Waals surface area (Å²) >= 11 is 12.6. The van der Waals surface area contributed by atoms with Gasteiger partial charge in [0.25, 0.3) is 11.8 Å². The summed E-state index contributed by atoms with van der Waals surface area (Å²) in [5, 5.41) is 28.9. The predicted octanol–water partition coefficient (Wildman–Crippen LogP) is 10.1. The number of nitrogens with one attached hydrogen (secondary N) is 1. The molecule has 4 aromatic heterocycles. The lowest BCUT2D eigenvalue weighted by Gasteiger charge is -2.11. The maximum atomic E-state index is 11.5. The van der Waals surface area contributed by atoms with E-state index in [4.69, 9.17) is 41.7 Å². The zero-order chi connectivity index (χ0) is 40.5. The van der Waals surface area contributed by atoms with E-state index in [-0.39, 0.29) is 23.3 Å². The average molecular weight is 810 g/mol. The van der Waals surface area contributed by atoms with Crippen LogP contribution in [-0.4, -0.2) is 64.2 Å². The molecule has 0 aliphatic heterocycles. The number of nitrogens with zero attached hydrogens (tertiary/aromatic N) is 5. The van der Waals surface area contributed by atoms with E-state index in [2.05, 4.69) is 25.3 Å². The molecular weight excluding hydrogens is 775 g/mol. The summed E-state index contributed by atoms with van der Waals surface area (Å²) < 4.78 is 23.9. The van der Waals surface area contributed by atoms with Crippen LogP contribution in [0.3, 0.4) is 0 Å². The van der Waals surface area contributed by atoms with Crippen molar-refractivity contribution < 1.29 is 38.3 Å². The van der Waals surface area contributed by atoms with Crippen LogP contribution in [0, 0.1) is 0 Å². The summed E-state index contributed by atoms with van der Waals surface area (Å²) in [6.07, 6.45) is 3.04. The molecule has 0 amide bonds. The molecule has 0 atom stereocenters. The Morgan fingerprint density at radius 2 is 1.23 bits per heavy atom. The van der Waals surface area contributed by atoms with E-state index in [9.17, 15) is 19.8 Å². The monoisotopic (exact) mass is 808 g/mol. The van der Waals surface area contributed by atoms with E-state index in [1.807, 2.05) is 33.8 Å². The van der Waals surface area contributed by atoms with E-state index in [0.29, 0.717) is 83.5 Å². The average Bonchev–Trinajstić information content (AvgIpc) is 3.99. The third kappa shape index (κ3) is 7.90. The van der Waals surface area contributed by atoms with Crippen LogP contribution in [0.15, 0.2) is 94.2 Å². The van der Waals surface area contributed by atoms with Crippen LogP contribution in [0.25, 0.3) is 67.5 Å². The van der Waals surface area contributed by atoms with Crippen LogP contribution < -0.4 is 9.47 Å². The van der Waals surface area contributed by atoms with Gasteiger partial charge < -0.3 is 38.3 Å². The summed E-state index contributed by atoms with van der Waals surface area (Å²) in [5.41, 5.74) is 4.40. The number of benzene rings is 4. The van der Waals surface area contributed by atoms with Gasteiger partial charge in [-0.3, -0.25) is 0 Å². The molecule has 0 aliphatic carbocycles. The van der Waals surface area contributed by atoms with Crippen molar-refractivity contribution in [2.45, 2.75) is 39.9 Å². The van der Waals surface area contributed by atoms with Gasteiger partial charge in [-0.2, -0.15) is 9.97 Å². The van der Waals surface area contributed by atoms with E-state index in [0.717, 1.165) is 5.52 Å². The van der Waals surface area contributed by atoms with Crippen molar-refractivity contribution in [1.82, 2.24) is 29.8 Å². The van der Waals surface area contributed by atoms with E-state index in [1.165, 1.54) is 6.20 Å². The van der Waals surface area contributed by atoms with Gasteiger partial charge >= 0.3 is 11.9 Å². The largest absolute Gasteiger partial charge is 0.489 e. The van der Waals surface area contributed by atoms with Crippen molar-refractivity contribution in [1.29, 1.82) is 0 Å². The molecule has 14 nitrogen and oxygen atoms in total. The van der Waals surface area contributed by atoms with Gasteiger partial charge in [0.2, 0.25) is 11.6 Å². The van der Waals surface area contributed by atoms with Gasteiger partial charge in [-0.05, 0) is 76.2 Å². The molecule has 0 saturated carbocycles. The number of H-pyrrole nitrogens is 1. The number of para-hydroxylation sites is 2. The Hall–Kier alpha value is -6.64. The van der Waals surface area contributed by atoms with Crippen molar-refractivity contribution in [2.24, 2.45) is 7.05 Å². The molecule has 16 heteroatoms. The van der Waals surface area contributed by atoms with Crippen molar-refractivity contribution in [3.05, 3.63) is 106 Å². The number of rotatable bonds is 10. The molecule has 8 rings (SSSR count). The highest BCUT2D eigenvalue weighted by Gasteiger charge is 2.21. The highest BCUT2D eigenvalue weighted by Crippen LogP contribution is 2.35. The van der Waals surface area contributed by atoms with Crippen molar-refractivity contribution in [3.63, 3.8) is 0 Å². The lowest BCUT2D eigenvalue weighted by Crippen LogP contribution is -2.05. The second-order valence-corrected chi connectivity index (χ2v) is 14.2. The third-order valence-corrected chi connectivity index (χ3v) is 9.19. The molecule has 8 aromatic rings. The fraction of sp³-hybridized carbons (Fsp3) is 0.171. The van der Waals surface area contributed by atoms with Crippen LogP contribution in [0.5, 0.6) is 11.5 Å².